The quantitative estimate of drug-likeness (QED) is 0.458. The molecule has 0 aliphatic rings. The molecule has 0 N–H and O–H groups in total. The van der Waals surface area contributed by atoms with Gasteiger partial charge in [-0.1, -0.05) is 29.4 Å². The standard InChI is InChI=1S/C19H18N4O3S2/c1-14-6-2-3-7-15(14)23-11-10-20-19(23)28(24,25)13-5-9-17-21-18(22-26-17)16-8-4-12-27-16/h2-4,6-8,10-12H,5,9,13H2,1H3. The van der Waals surface area contributed by atoms with Crippen LogP contribution in [-0.2, 0) is 16.3 Å². The number of aryl methyl sites for hydroxylation is 2. The number of rotatable bonds is 7. The number of thiophene rings is 1. The number of hydrogen-bond acceptors (Lipinski definition) is 7. The molecule has 3 heterocycles. The minimum atomic E-state index is -3.55. The highest BCUT2D eigenvalue weighted by Gasteiger charge is 2.22. The smallest absolute Gasteiger partial charge is 0.232 e. The Morgan fingerprint density at radius 3 is 2.82 bits per heavy atom. The summed E-state index contributed by atoms with van der Waals surface area (Å²) in [5, 5.41) is 5.93. The normalized spacial score (nSPS) is 11.8. The molecule has 144 valence electrons. The van der Waals surface area contributed by atoms with Gasteiger partial charge in [0, 0.05) is 18.8 Å². The molecule has 0 saturated heterocycles. The van der Waals surface area contributed by atoms with Gasteiger partial charge in [-0.25, -0.2) is 13.4 Å². The van der Waals surface area contributed by atoms with E-state index in [1.54, 1.807) is 10.8 Å². The van der Waals surface area contributed by atoms with E-state index < -0.39 is 9.84 Å². The van der Waals surface area contributed by atoms with Crippen LogP contribution < -0.4 is 0 Å². The number of hydrogen-bond donors (Lipinski definition) is 0. The van der Waals surface area contributed by atoms with E-state index in [2.05, 4.69) is 15.1 Å². The van der Waals surface area contributed by atoms with E-state index in [0.29, 0.717) is 24.6 Å². The zero-order valence-electron chi connectivity index (χ0n) is 15.1. The van der Waals surface area contributed by atoms with Gasteiger partial charge in [-0.2, -0.15) is 4.98 Å². The lowest BCUT2D eigenvalue weighted by Gasteiger charge is -2.10. The topological polar surface area (TPSA) is 90.9 Å². The van der Waals surface area contributed by atoms with Gasteiger partial charge in [-0.3, -0.25) is 4.57 Å². The van der Waals surface area contributed by atoms with E-state index in [-0.39, 0.29) is 10.9 Å². The second-order valence-corrected chi connectivity index (χ2v) is 9.23. The lowest BCUT2D eigenvalue weighted by atomic mass is 10.2. The summed E-state index contributed by atoms with van der Waals surface area (Å²) < 4.78 is 32.5. The number of aromatic nitrogens is 4. The summed E-state index contributed by atoms with van der Waals surface area (Å²) in [5.41, 5.74) is 1.78. The Hall–Kier alpha value is -2.78. The Morgan fingerprint density at radius 2 is 2.04 bits per heavy atom. The third kappa shape index (κ3) is 3.76. The Bertz CT molecular complexity index is 1180. The maximum Gasteiger partial charge on any atom is 0.232 e. The second kappa shape index (κ2) is 7.69. The number of sulfone groups is 1. The van der Waals surface area contributed by atoms with Crippen molar-refractivity contribution in [3.05, 3.63) is 65.6 Å². The van der Waals surface area contributed by atoms with E-state index in [9.17, 15) is 8.42 Å². The fraction of sp³-hybridized carbons (Fsp3) is 0.211. The lowest BCUT2D eigenvalue weighted by molar-refractivity contribution is 0.378. The first-order chi connectivity index (χ1) is 13.5. The molecule has 3 aromatic heterocycles. The summed E-state index contributed by atoms with van der Waals surface area (Å²) in [6.45, 7) is 1.94. The number of benzene rings is 1. The summed E-state index contributed by atoms with van der Waals surface area (Å²) in [5.74, 6) is 0.913. The van der Waals surface area contributed by atoms with Crippen LogP contribution in [0.5, 0.6) is 0 Å². The molecule has 0 aliphatic heterocycles. The van der Waals surface area contributed by atoms with Gasteiger partial charge in [0.25, 0.3) is 0 Å². The molecule has 7 nitrogen and oxygen atoms in total. The SMILES string of the molecule is Cc1ccccc1-n1ccnc1S(=O)(=O)CCCc1nc(-c2cccs2)no1. The van der Waals surface area contributed by atoms with Crippen molar-refractivity contribution in [1.82, 2.24) is 19.7 Å². The first-order valence-corrected chi connectivity index (χ1v) is 11.3. The minimum absolute atomic E-state index is 0.0478. The fourth-order valence-electron chi connectivity index (χ4n) is 2.90. The highest BCUT2D eigenvalue weighted by Crippen LogP contribution is 2.22. The summed E-state index contributed by atoms with van der Waals surface area (Å²) >= 11 is 1.52. The van der Waals surface area contributed by atoms with E-state index in [0.717, 1.165) is 16.1 Å². The predicted octanol–water partition coefficient (Wildman–Crippen LogP) is 3.70. The highest BCUT2D eigenvalue weighted by atomic mass is 32.2. The van der Waals surface area contributed by atoms with Crippen LogP contribution in [0.2, 0.25) is 0 Å². The molecular formula is C19H18N4O3S2. The predicted molar refractivity (Wildman–Crippen MR) is 106 cm³/mol. The highest BCUT2D eigenvalue weighted by molar-refractivity contribution is 7.91. The van der Waals surface area contributed by atoms with E-state index in [1.165, 1.54) is 17.5 Å². The van der Waals surface area contributed by atoms with Crippen molar-refractivity contribution in [1.29, 1.82) is 0 Å². The molecule has 28 heavy (non-hydrogen) atoms. The summed E-state index contributed by atoms with van der Waals surface area (Å²) in [6.07, 6.45) is 3.93. The average molecular weight is 415 g/mol. The molecule has 0 amide bonds. The molecular weight excluding hydrogens is 396 g/mol. The molecule has 4 rings (SSSR count). The van der Waals surface area contributed by atoms with Crippen LogP contribution >= 0.6 is 11.3 Å². The molecule has 0 unspecified atom stereocenters. The van der Waals surface area contributed by atoms with Gasteiger partial charge in [0.2, 0.25) is 26.7 Å². The first-order valence-electron chi connectivity index (χ1n) is 8.73. The van der Waals surface area contributed by atoms with Crippen LogP contribution in [0.25, 0.3) is 16.4 Å². The van der Waals surface area contributed by atoms with Crippen LogP contribution in [0.3, 0.4) is 0 Å². The second-order valence-electron chi connectivity index (χ2n) is 6.28. The van der Waals surface area contributed by atoms with Gasteiger partial charge in [0.15, 0.2) is 0 Å². The summed E-state index contributed by atoms with van der Waals surface area (Å²) in [4.78, 5) is 9.34. The van der Waals surface area contributed by atoms with Crippen LogP contribution in [0.1, 0.15) is 17.9 Å². The third-order valence-electron chi connectivity index (χ3n) is 4.27. The lowest BCUT2D eigenvalue weighted by Crippen LogP contribution is -2.14. The molecule has 0 spiro atoms. The van der Waals surface area contributed by atoms with Gasteiger partial charge in [0.1, 0.15) is 0 Å². The largest absolute Gasteiger partial charge is 0.339 e. The maximum atomic E-state index is 12.8. The van der Waals surface area contributed by atoms with Crippen molar-refractivity contribution >= 4 is 21.2 Å². The third-order valence-corrected chi connectivity index (χ3v) is 6.82. The molecule has 0 bridgehead atoms. The molecule has 0 saturated carbocycles. The van der Waals surface area contributed by atoms with Crippen LogP contribution in [0.15, 0.2) is 63.9 Å². The molecule has 0 fully saturated rings. The summed E-state index contributed by atoms with van der Waals surface area (Å²) in [6, 6.07) is 11.4. The van der Waals surface area contributed by atoms with Crippen LogP contribution in [-0.4, -0.2) is 33.9 Å². The van der Waals surface area contributed by atoms with E-state index in [4.69, 9.17) is 4.52 Å². The molecule has 1 aromatic carbocycles. The van der Waals surface area contributed by atoms with E-state index in [1.807, 2.05) is 48.7 Å². The van der Waals surface area contributed by atoms with Crippen molar-refractivity contribution in [2.45, 2.75) is 24.9 Å². The van der Waals surface area contributed by atoms with Crippen molar-refractivity contribution in [3.8, 4) is 16.4 Å². The average Bonchev–Trinajstić information content (AvgIpc) is 3.43. The molecule has 4 aromatic rings. The Labute approximate surface area is 166 Å². The van der Waals surface area contributed by atoms with Gasteiger partial charge in [-0.15, -0.1) is 11.3 Å². The first kappa shape index (κ1) is 18.6. The van der Waals surface area contributed by atoms with Crippen molar-refractivity contribution in [2.75, 3.05) is 5.75 Å². The van der Waals surface area contributed by atoms with Crippen molar-refractivity contribution < 1.29 is 12.9 Å². The summed E-state index contributed by atoms with van der Waals surface area (Å²) in [7, 11) is -3.55. The van der Waals surface area contributed by atoms with Crippen molar-refractivity contribution in [2.24, 2.45) is 0 Å². The van der Waals surface area contributed by atoms with Crippen LogP contribution in [0.4, 0.5) is 0 Å². The van der Waals surface area contributed by atoms with Gasteiger partial charge in [-0.05, 0) is 36.4 Å². The van der Waals surface area contributed by atoms with Crippen LogP contribution in [0, 0.1) is 6.92 Å². The zero-order chi connectivity index (χ0) is 19.6. The minimum Gasteiger partial charge on any atom is -0.339 e. The monoisotopic (exact) mass is 414 g/mol. The zero-order valence-corrected chi connectivity index (χ0v) is 16.8. The molecule has 0 radical (unpaired) electrons. The number of nitrogens with zero attached hydrogens (tertiary/aromatic N) is 4. The van der Waals surface area contributed by atoms with Gasteiger partial charge in [0.05, 0.1) is 16.3 Å². The van der Waals surface area contributed by atoms with Gasteiger partial charge >= 0.3 is 0 Å². The Kier molecular flexibility index (Phi) is 5.10. The molecule has 0 aliphatic carbocycles. The fourth-order valence-corrected chi connectivity index (χ4v) is 4.94. The molecule has 0 atom stereocenters. The van der Waals surface area contributed by atoms with E-state index >= 15 is 0 Å². The number of para-hydroxylation sites is 1. The van der Waals surface area contributed by atoms with Gasteiger partial charge < -0.3 is 4.52 Å². The van der Waals surface area contributed by atoms with Crippen molar-refractivity contribution in [3.63, 3.8) is 0 Å². The molecule has 9 heteroatoms. The maximum absolute atomic E-state index is 12.8. The Morgan fingerprint density at radius 1 is 1.18 bits per heavy atom. The Balaban J connectivity index is 1.46. The number of imidazole rings is 1.